The summed E-state index contributed by atoms with van der Waals surface area (Å²) in [6.45, 7) is 4.88. The van der Waals surface area contributed by atoms with Crippen molar-refractivity contribution in [2.75, 3.05) is 13.1 Å². The van der Waals surface area contributed by atoms with Gasteiger partial charge >= 0.3 is 0 Å². The number of hydrogen-bond donors (Lipinski definition) is 2. The van der Waals surface area contributed by atoms with E-state index >= 15 is 0 Å². The van der Waals surface area contributed by atoms with Gasteiger partial charge in [-0.25, -0.2) is 8.42 Å². The third-order valence-corrected chi connectivity index (χ3v) is 7.90. The van der Waals surface area contributed by atoms with Gasteiger partial charge in [-0.3, -0.25) is 9.59 Å². The monoisotopic (exact) mass is 491 g/mol. The number of hydrogen-bond acceptors (Lipinski definition) is 4. The summed E-state index contributed by atoms with van der Waals surface area (Å²) in [4.78, 5) is 25.7. The predicted octanol–water partition coefficient (Wildman–Crippen LogP) is 3.59. The minimum atomic E-state index is -3.55. The fourth-order valence-electron chi connectivity index (χ4n) is 3.77. The number of nitrogens with zero attached hydrogens (tertiary/aromatic N) is 1. The van der Waals surface area contributed by atoms with E-state index in [1.807, 2.05) is 13.8 Å². The normalized spacial score (nSPS) is 15.8. The highest BCUT2D eigenvalue weighted by Crippen LogP contribution is 2.21. The Kier molecular flexibility index (Phi) is 8.51. The van der Waals surface area contributed by atoms with E-state index in [-0.39, 0.29) is 23.3 Å². The van der Waals surface area contributed by atoms with Crippen molar-refractivity contribution in [3.05, 3.63) is 64.7 Å². The summed E-state index contributed by atoms with van der Waals surface area (Å²) in [6.07, 6.45) is 2.78. The summed E-state index contributed by atoms with van der Waals surface area (Å²) >= 11 is 6.10. The lowest BCUT2D eigenvalue weighted by molar-refractivity contribution is -0.124. The minimum Gasteiger partial charge on any atom is -0.350 e. The number of nitrogens with one attached hydrogen (secondary N) is 2. The topological polar surface area (TPSA) is 95.6 Å². The van der Waals surface area contributed by atoms with E-state index in [2.05, 4.69) is 10.6 Å². The van der Waals surface area contributed by atoms with E-state index in [0.717, 1.165) is 19.3 Å². The summed E-state index contributed by atoms with van der Waals surface area (Å²) < 4.78 is 27.4. The molecule has 178 valence electrons. The molecule has 2 amide bonds. The Labute approximate surface area is 200 Å². The van der Waals surface area contributed by atoms with Crippen molar-refractivity contribution in [3.63, 3.8) is 0 Å². The molecule has 2 aromatic carbocycles. The van der Waals surface area contributed by atoms with Crippen LogP contribution in [0.25, 0.3) is 0 Å². The Morgan fingerprint density at radius 3 is 2.39 bits per heavy atom. The van der Waals surface area contributed by atoms with Crippen molar-refractivity contribution < 1.29 is 18.0 Å². The van der Waals surface area contributed by atoms with Crippen LogP contribution in [0.15, 0.2) is 53.4 Å². The summed E-state index contributed by atoms with van der Waals surface area (Å²) in [6, 6.07) is 12.5. The van der Waals surface area contributed by atoms with Gasteiger partial charge in [0.1, 0.15) is 6.04 Å². The van der Waals surface area contributed by atoms with E-state index in [1.165, 1.54) is 4.31 Å². The standard InChI is InChI=1S/C24H30ClN3O4S/c1-17(2)22(27-23(29)20-11-4-5-12-21(20)25)24(30)26-16-18-9-8-10-19(15-18)33(31,32)28-13-6-3-7-14-28/h4-5,8-12,15,17,22H,3,6-7,13-14,16H2,1-2H3,(H,26,30)(H,27,29). The lowest BCUT2D eigenvalue weighted by Crippen LogP contribution is -2.49. The summed E-state index contributed by atoms with van der Waals surface area (Å²) in [7, 11) is -3.55. The molecule has 0 saturated carbocycles. The van der Waals surface area contributed by atoms with Gasteiger partial charge < -0.3 is 10.6 Å². The summed E-state index contributed by atoms with van der Waals surface area (Å²) in [5, 5.41) is 5.88. The van der Waals surface area contributed by atoms with Gasteiger partial charge in [0.05, 0.1) is 15.5 Å². The molecule has 0 spiro atoms. The molecule has 1 aliphatic rings. The molecular formula is C24H30ClN3O4S. The third kappa shape index (κ3) is 6.34. The van der Waals surface area contributed by atoms with Gasteiger partial charge in [0.2, 0.25) is 15.9 Å². The summed E-state index contributed by atoms with van der Waals surface area (Å²) in [5.41, 5.74) is 0.967. The predicted molar refractivity (Wildman–Crippen MR) is 128 cm³/mol. The first kappa shape index (κ1) is 25.2. The highest BCUT2D eigenvalue weighted by atomic mass is 35.5. The van der Waals surface area contributed by atoms with Crippen LogP contribution in [-0.4, -0.2) is 43.7 Å². The van der Waals surface area contributed by atoms with Gasteiger partial charge in [0, 0.05) is 19.6 Å². The fraction of sp³-hybridized carbons (Fsp3) is 0.417. The molecule has 0 aliphatic carbocycles. The molecule has 1 atom stereocenters. The molecule has 2 N–H and O–H groups in total. The first-order chi connectivity index (χ1) is 15.7. The molecule has 3 rings (SSSR count). The molecule has 0 aromatic heterocycles. The maximum atomic E-state index is 12.9. The Morgan fingerprint density at radius 1 is 1.03 bits per heavy atom. The van der Waals surface area contributed by atoms with Crippen LogP contribution in [0.1, 0.15) is 49.0 Å². The Morgan fingerprint density at radius 2 is 1.73 bits per heavy atom. The van der Waals surface area contributed by atoms with Crippen molar-refractivity contribution >= 4 is 33.4 Å². The van der Waals surface area contributed by atoms with Gasteiger partial charge in [-0.2, -0.15) is 4.31 Å². The second-order valence-electron chi connectivity index (χ2n) is 8.50. The first-order valence-corrected chi connectivity index (χ1v) is 12.9. The molecule has 1 aliphatic heterocycles. The van der Waals surface area contributed by atoms with Crippen LogP contribution in [-0.2, 0) is 21.4 Å². The molecule has 33 heavy (non-hydrogen) atoms. The van der Waals surface area contributed by atoms with E-state index in [0.29, 0.717) is 29.2 Å². The Balaban J connectivity index is 1.66. The number of amides is 2. The van der Waals surface area contributed by atoms with Crippen LogP contribution in [0, 0.1) is 5.92 Å². The SMILES string of the molecule is CC(C)C(NC(=O)c1ccccc1Cl)C(=O)NCc1cccc(S(=O)(=O)N2CCCCC2)c1. The molecule has 1 fully saturated rings. The Hall–Kier alpha value is -2.42. The number of halogens is 1. The lowest BCUT2D eigenvalue weighted by atomic mass is 10.0. The average molecular weight is 492 g/mol. The van der Waals surface area contributed by atoms with E-state index in [1.54, 1.807) is 48.5 Å². The lowest BCUT2D eigenvalue weighted by Gasteiger charge is -2.26. The first-order valence-electron chi connectivity index (χ1n) is 11.1. The number of rotatable bonds is 8. The van der Waals surface area contributed by atoms with Crippen molar-refractivity contribution in [3.8, 4) is 0 Å². The van der Waals surface area contributed by atoms with E-state index in [9.17, 15) is 18.0 Å². The van der Waals surface area contributed by atoms with Crippen molar-refractivity contribution in [1.29, 1.82) is 0 Å². The number of carbonyl (C=O) groups is 2. The number of carbonyl (C=O) groups excluding carboxylic acids is 2. The molecule has 2 aromatic rings. The Bertz CT molecular complexity index is 1100. The number of benzene rings is 2. The molecule has 1 heterocycles. The molecular weight excluding hydrogens is 462 g/mol. The maximum Gasteiger partial charge on any atom is 0.253 e. The quantitative estimate of drug-likeness (QED) is 0.590. The molecule has 1 unspecified atom stereocenters. The molecule has 0 bridgehead atoms. The molecule has 9 heteroatoms. The zero-order valence-corrected chi connectivity index (χ0v) is 20.5. The fourth-order valence-corrected chi connectivity index (χ4v) is 5.58. The third-order valence-electron chi connectivity index (χ3n) is 5.67. The van der Waals surface area contributed by atoms with Crippen molar-refractivity contribution in [2.24, 2.45) is 5.92 Å². The van der Waals surface area contributed by atoms with Crippen LogP contribution >= 0.6 is 11.6 Å². The zero-order valence-electron chi connectivity index (χ0n) is 18.9. The number of piperidine rings is 1. The van der Waals surface area contributed by atoms with Gasteiger partial charge in [0.15, 0.2) is 0 Å². The van der Waals surface area contributed by atoms with E-state index < -0.39 is 22.0 Å². The van der Waals surface area contributed by atoms with Crippen LogP contribution in [0.5, 0.6) is 0 Å². The second kappa shape index (κ2) is 11.1. The average Bonchev–Trinajstić information content (AvgIpc) is 2.81. The highest BCUT2D eigenvalue weighted by Gasteiger charge is 2.27. The largest absolute Gasteiger partial charge is 0.350 e. The molecule has 1 saturated heterocycles. The molecule has 7 nitrogen and oxygen atoms in total. The summed E-state index contributed by atoms with van der Waals surface area (Å²) in [5.74, 6) is -0.944. The van der Waals surface area contributed by atoms with Gasteiger partial charge in [-0.1, -0.05) is 56.1 Å². The van der Waals surface area contributed by atoms with Gasteiger partial charge in [-0.15, -0.1) is 0 Å². The van der Waals surface area contributed by atoms with E-state index in [4.69, 9.17) is 11.6 Å². The maximum absolute atomic E-state index is 12.9. The number of sulfonamides is 1. The van der Waals surface area contributed by atoms with Crippen molar-refractivity contribution in [2.45, 2.75) is 50.6 Å². The molecule has 0 radical (unpaired) electrons. The van der Waals surface area contributed by atoms with Crippen LogP contribution in [0.4, 0.5) is 0 Å². The van der Waals surface area contributed by atoms with Crippen LogP contribution < -0.4 is 10.6 Å². The van der Waals surface area contributed by atoms with Gasteiger partial charge in [0.25, 0.3) is 5.91 Å². The minimum absolute atomic E-state index is 0.146. The highest BCUT2D eigenvalue weighted by molar-refractivity contribution is 7.89. The smallest absolute Gasteiger partial charge is 0.253 e. The zero-order chi connectivity index (χ0) is 24.0. The van der Waals surface area contributed by atoms with Gasteiger partial charge in [-0.05, 0) is 48.6 Å². The van der Waals surface area contributed by atoms with Crippen LogP contribution in [0.3, 0.4) is 0 Å². The van der Waals surface area contributed by atoms with Crippen molar-refractivity contribution in [1.82, 2.24) is 14.9 Å². The van der Waals surface area contributed by atoms with Crippen LogP contribution in [0.2, 0.25) is 5.02 Å². The second-order valence-corrected chi connectivity index (χ2v) is 10.9.